The molecule has 0 aliphatic carbocycles. The van der Waals surface area contributed by atoms with Crippen molar-refractivity contribution >= 4 is 18.2 Å². The zero-order valence-electron chi connectivity index (χ0n) is 15.1. The van der Waals surface area contributed by atoms with E-state index >= 15 is 0 Å². The smallest absolute Gasteiger partial charge is 0.430 e. The van der Waals surface area contributed by atoms with E-state index < -0.39 is 41.3 Å². The third kappa shape index (κ3) is 8.27. The average molecular weight is 332 g/mol. The number of carbonyl (C=O) groups is 3. The molecule has 0 radical (unpaired) electrons. The van der Waals surface area contributed by atoms with Crippen LogP contribution < -0.4 is 5.43 Å². The van der Waals surface area contributed by atoms with Gasteiger partial charge in [0.25, 0.3) is 0 Å². The maximum atomic E-state index is 12.3. The van der Waals surface area contributed by atoms with Crippen LogP contribution >= 0.6 is 0 Å². The fourth-order valence-electron chi connectivity index (χ4n) is 1.63. The zero-order valence-corrected chi connectivity index (χ0v) is 15.1. The van der Waals surface area contributed by atoms with Crippen molar-refractivity contribution in [3.63, 3.8) is 0 Å². The molecule has 0 aromatic carbocycles. The van der Waals surface area contributed by atoms with Gasteiger partial charge in [0.2, 0.25) is 0 Å². The van der Waals surface area contributed by atoms with Gasteiger partial charge in [-0.15, -0.1) is 0 Å². The second-order valence-corrected chi connectivity index (χ2v) is 7.49. The molecule has 0 aliphatic heterocycles. The largest absolute Gasteiger partial charge is 0.480 e. The summed E-state index contributed by atoms with van der Waals surface area (Å²) < 4.78 is 10.2. The number of carbonyl (C=O) groups excluding carboxylic acids is 2. The Balaban J connectivity index is 5.41. The minimum absolute atomic E-state index is 0.463. The minimum atomic E-state index is -1.29. The normalized spacial score (nSPS) is 13.3. The Morgan fingerprint density at radius 2 is 1.39 bits per heavy atom. The predicted molar refractivity (Wildman–Crippen MR) is 83.7 cm³/mol. The van der Waals surface area contributed by atoms with Crippen LogP contribution in [0, 0.1) is 5.92 Å². The average Bonchev–Trinajstić information content (AvgIpc) is 2.21. The predicted octanol–water partition coefficient (Wildman–Crippen LogP) is 2.77. The van der Waals surface area contributed by atoms with Crippen LogP contribution in [-0.4, -0.2) is 45.5 Å². The fourth-order valence-corrected chi connectivity index (χ4v) is 1.63. The molecule has 8 heteroatoms. The van der Waals surface area contributed by atoms with Crippen LogP contribution in [-0.2, 0) is 14.3 Å². The highest BCUT2D eigenvalue weighted by atomic mass is 16.6. The van der Waals surface area contributed by atoms with Crippen LogP contribution in [0.25, 0.3) is 0 Å². The molecule has 0 aromatic rings. The van der Waals surface area contributed by atoms with Gasteiger partial charge >= 0.3 is 18.2 Å². The van der Waals surface area contributed by atoms with Gasteiger partial charge in [0.05, 0.1) is 0 Å². The van der Waals surface area contributed by atoms with Gasteiger partial charge in [-0.05, 0) is 47.5 Å². The third-order valence-electron chi connectivity index (χ3n) is 2.36. The van der Waals surface area contributed by atoms with Crippen molar-refractivity contribution in [2.45, 2.75) is 72.6 Å². The monoisotopic (exact) mass is 332 g/mol. The number of rotatable bonds is 3. The molecule has 1 atom stereocenters. The van der Waals surface area contributed by atoms with Crippen LogP contribution in [0.5, 0.6) is 0 Å². The summed E-state index contributed by atoms with van der Waals surface area (Å²) in [6.45, 7) is 13.1. The highest BCUT2D eigenvalue weighted by Crippen LogP contribution is 2.16. The van der Waals surface area contributed by atoms with Crippen molar-refractivity contribution in [2.24, 2.45) is 5.92 Å². The van der Waals surface area contributed by atoms with E-state index in [1.54, 1.807) is 55.4 Å². The van der Waals surface area contributed by atoms with E-state index in [1.165, 1.54) is 0 Å². The Morgan fingerprint density at radius 1 is 0.957 bits per heavy atom. The van der Waals surface area contributed by atoms with Crippen molar-refractivity contribution in [1.82, 2.24) is 10.4 Å². The number of aliphatic carboxylic acids is 1. The van der Waals surface area contributed by atoms with E-state index in [0.29, 0.717) is 5.01 Å². The topological polar surface area (TPSA) is 105 Å². The number of carboxylic acids is 1. The third-order valence-corrected chi connectivity index (χ3v) is 2.36. The maximum Gasteiger partial charge on any atom is 0.430 e. The molecule has 0 aliphatic rings. The van der Waals surface area contributed by atoms with Crippen molar-refractivity contribution in [1.29, 1.82) is 0 Å². The van der Waals surface area contributed by atoms with Gasteiger partial charge in [0.1, 0.15) is 11.2 Å². The van der Waals surface area contributed by atoms with Crippen LogP contribution in [0.15, 0.2) is 0 Å². The van der Waals surface area contributed by atoms with E-state index in [2.05, 4.69) is 5.43 Å². The first-order valence-electron chi connectivity index (χ1n) is 7.38. The molecule has 1 unspecified atom stereocenters. The molecular weight excluding hydrogens is 304 g/mol. The molecule has 0 bridgehead atoms. The summed E-state index contributed by atoms with van der Waals surface area (Å²) in [5.41, 5.74) is 0.542. The molecule has 8 nitrogen and oxygen atoms in total. The lowest BCUT2D eigenvalue weighted by molar-refractivity contribution is -0.146. The fraction of sp³-hybridized carbons (Fsp3) is 0.800. The molecular formula is C15H28N2O6. The van der Waals surface area contributed by atoms with Gasteiger partial charge in [-0.2, -0.15) is 0 Å². The molecule has 0 saturated carbocycles. The number of nitrogens with one attached hydrogen (secondary N) is 1. The highest BCUT2D eigenvalue weighted by Gasteiger charge is 2.37. The number of hydrogen-bond donors (Lipinski definition) is 2. The van der Waals surface area contributed by atoms with Gasteiger partial charge in [0, 0.05) is 0 Å². The Morgan fingerprint density at radius 3 is 1.70 bits per heavy atom. The van der Waals surface area contributed by atoms with E-state index in [4.69, 9.17) is 9.47 Å². The summed E-state index contributed by atoms with van der Waals surface area (Å²) in [5.74, 6) is -1.73. The van der Waals surface area contributed by atoms with Crippen LogP contribution in [0.3, 0.4) is 0 Å². The summed E-state index contributed by atoms with van der Waals surface area (Å²) >= 11 is 0. The van der Waals surface area contributed by atoms with E-state index in [9.17, 15) is 19.5 Å². The van der Waals surface area contributed by atoms with Gasteiger partial charge in [0.15, 0.2) is 6.04 Å². The Labute approximate surface area is 137 Å². The number of hydrogen-bond acceptors (Lipinski definition) is 5. The van der Waals surface area contributed by atoms with Gasteiger partial charge in [-0.1, -0.05) is 13.8 Å². The molecule has 0 aromatic heterocycles. The van der Waals surface area contributed by atoms with Crippen molar-refractivity contribution in [2.75, 3.05) is 0 Å². The quantitative estimate of drug-likeness (QED) is 0.770. The standard InChI is InChI=1S/C15H28N2O6/c1-9(2)10(11(18)19)17(13(21)23-15(6,7)8)16-12(20)22-14(3,4)5/h9-10H,1-8H3,(H,16,20)(H,18,19). The Hall–Kier alpha value is -1.99. The van der Waals surface area contributed by atoms with E-state index in [1.807, 2.05) is 0 Å². The minimum Gasteiger partial charge on any atom is -0.480 e. The van der Waals surface area contributed by atoms with E-state index in [-0.39, 0.29) is 0 Å². The molecule has 0 saturated heterocycles. The lowest BCUT2D eigenvalue weighted by atomic mass is 10.0. The first kappa shape index (κ1) is 21.0. The first-order valence-corrected chi connectivity index (χ1v) is 7.38. The number of carboxylic acid groups (broad SMARTS) is 1. The molecule has 0 spiro atoms. The Bertz CT molecular complexity index is 448. The van der Waals surface area contributed by atoms with Crippen molar-refractivity contribution < 1.29 is 29.0 Å². The summed E-state index contributed by atoms with van der Waals surface area (Å²) in [7, 11) is 0. The number of amides is 2. The maximum absolute atomic E-state index is 12.3. The summed E-state index contributed by atoms with van der Waals surface area (Å²) in [6.07, 6.45) is -1.90. The first-order chi connectivity index (χ1) is 10.1. The molecule has 0 rings (SSSR count). The molecule has 23 heavy (non-hydrogen) atoms. The van der Waals surface area contributed by atoms with Gasteiger partial charge < -0.3 is 14.6 Å². The number of nitrogens with zero attached hydrogens (tertiary/aromatic N) is 1. The second-order valence-electron chi connectivity index (χ2n) is 7.49. The Kier molecular flexibility index (Phi) is 6.87. The summed E-state index contributed by atoms with van der Waals surface area (Å²) in [4.78, 5) is 35.7. The summed E-state index contributed by atoms with van der Waals surface area (Å²) in [6, 6.07) is -1.29. The van der Waals surface area contributed by atoms with Gasteiger partial charge in [-0.25, -0.2) is 24.8 Å². The zero-order chi connectivity index (χ0) is 18.6. The number of hydrazine groups is 1. The lowest BCUT2D eigenvalue weighted by Crippen LogP contribution is -2.58. The summed E-state index contributed by atoms with van der Waals surface area (Å²) in [5, 5.41) is 10.0. The molecule has 0 heterocycles. The van der Waals surface area contributed by atoms with Crippen molar-refractivity contribution in [3.8, 4) is 0 Å². The van der Waals surface area contributed by atoms with Crippen LogP contribution in [0.1, 0.15) is 55.4 Å². The molecule has 2 N–H and O–H groups in total. The number of ether oxygens (including phenoxy) is 2. The molecule has 0 fully saturated rings. The SMILES string of the molecule is CC(C)C(C(=O)O)N(NC(=O)OC(C)(C)C)C(=O)OC(C)(C)C. The van der Waals surface area contributed by atoms with E-state index in [0.717, 1.165) is 0 Å². The molecule has 2 amide bonds. The second kappa shape index (κ2) is 7.52. The molecule has 134 valence electrons. The van der Waals surface area contributed by atoms with Crippen LogP contribution in [0.2, 0.25) is 0 Å². The highest BCUT2D eigenvalue weighted by molar-refractivity contribution is 5.82. The van der Waals surface area contributed by atoms with Gasteiger partial charge in [-0.3, -0.25) is 0 Å². The lowest BCUT2D eigenvalue weighted by Gasteiger charge is -2.33. The van der Waals surface area contributed by atoms with Crippen molar-refractivity contribution in [3.05, 3.63) is 0 Å². The van der Waals surface area contributed by atoms with Crippen LogP contribution in [0.4, 0.5) is 9.59 Å².